The molecule has 112 valence electrons. The Bertz CT molecular complexity index is 625. The number of aliphatic hydroxyl groups excluding tert-OH is 1. The molecule has 0 heterocycles. The number of benzene rings is 2. The van der Waals surface area contributed by atoms with Crippen LogP contribution in [0.25, 0.3) is 0 Å². The average molecular weight is 288 g/mol. The number of aliphatic hydroxyl groups is 1. The van der Waals surface area contributed by atoms with E-state index in [1.807, 2.05) is 13.8 Å². The van der Waals surface area contributed by atoms with Crippen molar-refractivity contribution in [2.45, 2.75) is 40.4 Å². The third-order valence-electron chi connectivity index (χ3n) is 3.64. The summed E-state index contributed by atoms with van der Waals surface area (Å²) < 4.78 is 19.2. The predicted octanol–water partition coefficient (Wildman–Crippen LogP) is 4.38. The van der Waals surface area contributed by atoms with E-state index in [0.717, 1.165) is 16.7 Å². The Kier molecular flexibility index (Phi) is 4.63. The van der Waals surface area contributed by atoms with Crippen LogP contribution in [0.2, 0.25) is 0 Å². The Morgan fingerprint density at radius 3 is 2.29 bits per heavy atom. The molecule has 0 aliphatic carbocycles. The number of ether oxygens (including phenoxy) is 1. The molecular weight excluding hydrogens is 267 g/mol. The fourth-order valence-corrected chi connectivity index (χ4v) is 2.57. The maximum atomic E-state index is 13.4. The van der Waals surface area contributed by atoms with E-state index in [2.05, 4.69) is 19.1 Å². The van der Waals surface area contributed by atoms with Gasteiger partial charge in [-0.05, 0) is 56.5 Å². The fraction of sp³-hybridized carbons (Fsp3) is 0.333. The zero-order chi connectivity index (χ0) is 15.6. The lowest BCUT2D eigenvalue weighted by Gasteiger charge is -2.16. The molecule has 1 N–H and O–H groups in total. The molecular formula is C18H21FO2. The minimum atomic E-state index is -0.694. The molecule has 0 spiro atoms. The van der Waals surface area contributed by atoms with E-state index in [9.17, 15) is 9.50 Å². The number of halogens is 1. The zero-order valence-electron chi connectivity index (χ0n) is 12.9. The standard InChI is InChI=1S/C18H21FO2/c1-11-7-12(2)17(13(3)8-11)10-21-18-9-15(19)5-6-16(18)14(4)20/h5-9,14,20H,10H2,1-4H3/t14-/m1/s1. The Morgan fingerprint density at radius 1 is 1.10 bits per heavy atom. The van der Waals surface area contributed by atoms with E-state index in [4.69, 9.17) is 4.74 Å². The van der Waals surface area contributed by atoms with Crippen LogP contribution in [0.3, 0.4) is 0 Å². The van der Waals surface area contributed by atoms with Crippen molar-refractivity contribution in [1.29, 1.82) is 0 Å². The molecule has 0 bridgehead atoms. The van der Waals surface area contributed by atoms with E-state index in [1.165, 1.54) is 17.7 Å². The minimum Gasteiger partial charge on any atom is -0.488 e. The second-order valence-corrected chi connectivity index (χ2v) is 5.52. The molecule has 0 aliphatic rings. The van der Waals surface area contributed by atoms with Gasteiger partial charge in [0.05, 0.1) is 6.10 Å². The molecule has 0 fully saturated rings. The van der Waals surface area contributed by atoms with Crippen LogP contribution in [0.5, 0.6) is 5.75 Å². The number of hydrogen-bond donors (Lipinski definition) is 1. The van der Waals surface area contributed by atoms with Gasteiger partial charge in [0.25, 0.3) is 0 Å². The molecule has 1 atom stereocenters. The van der Waals surface area contributed by atoms with Crippen LogP contribution in [-0.2, 0) is 6.61 Å². The molecule has 2 nitrogen and oxygen atoms in total. The van der Waals surface area contributed by atoms with Gasteiger partial charge in [-0.2, -0.15) is 0 Å². The Labute approximate surface area is 125 Å². The van der Waals surface area contributed by atoms with Gasteiger partial charge < -0.3 is 9.84 Å². The minimum absolute atomic E-state index is 0.362. The molecule has 0 saturated carbocycles. The van der Waals surface area contributed by atoms with Gasteiger partial charge in [0.15, 0.2) is 0 Å². The van der Waals surface area contributed by atoms with Gasteiger partial charge in [-0.15, -0.1) is 0 Å². The first kappa shape index (κ1) is 15.5. The summed E-state index contributed by atoms with van der Waals surface area (Å²) in [6.45, 7) is 8.14. The van der Waals surface area contributed by atoms with Crippen molar-refractivity contribution in [3.63, 3.8) is 0 Å². The lowest BCUT2D eigenvalue weighted by atomic mass is 10.0. The van der Waals surface area contributed by atoms with Crippen LogP contribution in [0.15, 0.2) is 30.3 Å². The zero-order valence-corrected chi connectivity index (χ0v) is 12.9. The first-order valence-electron chi connectivity index (χ1n) is 7.05. The van der Waals surface area contributed by atoms with E-state index in [-0.39, 0.29) is 5.82 Å². The average Bonchev–Trinajstić information content (AvgIpc) is 2.37. The summed E-state index contributed by atoms with van der Waals surface area (Å²) in [6, 6.07) is 8.42. The lowest BCUT2D eigenvalue weighted by molar-refractivity contribution is 0.189. The largest absolute Gasteiger partial charge is 0.488 e. The summed E-state index contributed by atoms with van der Waals surface area (Å²) in [5.41, 5.74) is 5.22. The highest BCUT2D eigenvalue weighted by molar-refractivity contribution is 5.39. The number of hydrogen-bond acceptors (Lipinski definition) is 2. The van der Waals surface area contributed by atoms with Gasteiger partial charge in [0.1, 0.15) is 18.2 Å². The highest BCUT2D eigenvalue weighted by Crippen LogP contribution is 2.27. The van der Waals surface area contributed by atoms with Crippen molar-refractivity contribution >= 4 is 0 Å². The molecule has 3 heteroatoms. The molecule has 0 aliphatic heterocycles. The SMILES string of the molecule is Cc1cc(C)c(COc2cc(F)ccc2[C@@H](C)O)c(C)c1. The van der Waals surface area contributed by atoms with Gasteiger partial charge in [-0.3, -0.25) is 0 Å². The van der Waals surface area contributed by atoms with Crippen LogP contribution >= 0.6 is 0 Å². The Morgan fingerprint density at radius 2 is 1.71 bits per heavy atom. The smallest absolute Gasteiger partial charge is 0.128 e. The summed E-state index contributed by atoms with van der Waals surface area (Å²) in [5, 5.41) is 9.74. The topological polar surface area (TPSA) is 29.5 Å². The van der Waals surface area contributed by atoms with E-state index in [1.54, 1.807) is 13.0 Å². The number of aryl methyl sites for hydroxylation is 3. The van der Waals surface area contributed by atoms with Gasteiger partial charge in [-0.1, -0.05) is 17.7 Å². The molecule has 2 aromatic rings. The van der Waals surface area contributed by atoms with E-state index >= 15 is 0 Å². The first-order valence-corrected chi connectivity index (χ1v) is 7.05. The highest BCUT2D eigenvalue weighted by Gasteiger charge is 2.12. The second-order valence-electron chi connectivity index (χ2n) is 5.52. The van der Waals surface area contributed by atoms with Crippen molar-refractivity contribution in [2.75, 3.05) is 0 Å². The summed E-state index contributed by atoms with van der Waals surface area (Å²) in [5.74, 6) is 0.0242. The fourth-order valence-electron chi connectivity index (χ4n) is 2.57. The molecule has 2 rings (SSSR count). The van der Waals surface area contributed by atoms with E-state index < -0.39 is 6.10 Å². The van der Waals surface area contributed by atoms with Crippen molar-refractivity contribution < 1.29 is 14.2 Å². The Balaban J connectivity index is 2.26. The van der Waals surface area contributed by atoms with Crippen LogP contribution in [-0.4, -0.2) is 5.11 Å². The van der Waals surface area contributed by atoms with Gasteiger partial charge in [0.2, 0.25) is 0 Å². The van der Waals surface area contributed by atoms with Gasteiger partial charge in [0, 0.05) is 11.6 Å². The summed E-state index contributed by atoms with van der Waals surface area (Å²) in [4.78, 5) is 0. The molecule has 21 heavy (non-hydrogen) atoms. The Hall–Kier alpha value is -1.87. The summed E-state index contributed by atoms with van der Waals surface area (Å²) >= 11 is 0. The third kappa shape index (κ3) is 3.61. The highest BCUT2D eigenvalue weighted by atomic mass is 19.1. The summed E-state index contributed by atoms with van der Waals surface area (Å²) in [6.07, 6.45) is -0.694. The number of rotatable bonds is 4. The van der Waals surface area contributed by atoms with Crippen LogP contribution < -0.4 is 4.74 Å². The molecule has 2 aromatic carbocycles. The monoisotopic (exact) mass is 288 g/mol. The second kappa shape index (κ2) is 6.27. The van der Waals surface area contributed by atoms with Crippen LogP contribution in [0, 0.1) is 26.6 Å². The molecule has 0 aromatic heterocycles. The van der Waals surface area contributed by atoms with Crippen LogP contribution in [0.1, 0.15) is 40.8 Å². The van der Waals surface area contributed by atoms with Crippen molar-refractivity contribution in [3.05, 3.63) is 64.0 Å². The van der Waals surface area contributed by atoms with Gasteiger partial charge >= 0.3 is 0 Å². The maximum absolute atomic E-state index is 13.4. The molecule has 0 radical (unpaired) electrons. The predicted molar refractivity (Wildman–Crippen MR) is 82.0 cm³/mol. The lowest BCUT2D eigenvalue weighted by Crippen LogP contribution is -2.04. The normalized spacial score (nSPS) is 12.3. The van der Waals surface area contributed by atoms with Crippen molar-refractivity contribution in [1.82, 2.24) is 0 Å². The van der Waals surface area contributed by atoms with Crippen LogP contribution in [0.4, 0.5) is 4.39 Å². The molecule has 0 unspecified atom stereocenters. The van der Waals surface area contributed by atoms with Crippen molar-refractivity contribution in [2.24, 2.45) is 0 Å². The maximum Gasteiger partial charge on any atom is 0.128 e. The van der Waals surface area contributed by atoms with Gasteiger partial charge in [-0.25, -0.2) is 4.39 Å². The quantitative estimate of drug-likeness (QED) is 0.904. The first-order chi connectivity index (χ1) is 9.88. The molecule has 0 saturated heterocycles. The third-order valence-corrected chi connectivity index (χ3v) is 3.64. The van der Waals surface area contributed by atoms with E-state index in [0.29, 0.717) is 17.9 Å². The summed E-state index contributed by atoms with van der Waals surface area (Å²) in [7, 11) is 0. The van der Waals surface area contributed by atoms with Crippen molar-refractivity contribution in [3.8, 4) is 5.75 Å². The molecule has 0 amide bonds.